The molecule has 3 aliphatic carbocycles. The van der Waals surface area contributed by atoms with Crippen molar-refractivity contribution in [1.29, 1.82) is 0 Å². The predicted molar refractivity (Wildman–Crippen MR) is 244 cm³/mol. The lowest BCUT2D eigenvalue weighted by Crippen LogP contribution is -2.24. The van der Waals surface area contributed by atoms with Gasteiger partial charge in [-0.25, -0.2) is 0 Å². The lowest BCUT2D eigenvalue weighted by molar-refractivity contribution is 0.394. The number of fused-ring (bicyclic) bond motifs is 10. The molecule has 8 aromatic rings. The summed E-state index contributed by atoms with van der Waals surface area (Å²) in [5, 5.41) is 6.45. The summed E-state index contributed by atoms with van der Waals surface area (Å²) in [6, 6.07) is 54.9. The molecule has 0 bridgehead atoms. The Bertz CT molecular complexity index is 3160. The summed E-state index contributed by atoms with van der Waals surface area (Å²) >= 11 is 0. The van der Waals surface area contributed by atoms with Crippen LogP contribution in [0.15, 0.2) is 176 Å². The van der Waals surface area contributed by atoms with Crippen molar-refractivity contribution < 1.29 is 2.74 Å². The molecule has 0 radical (unpaired) electrons. The fourth-order valence-corrected chi connectivity index (χ4v) is 10.3. The summed E-state index contributed by atoms with van der Waals surface area (Å²) < 4.78 is 18.7. The third-order valence-corrected chi connectivity index (χ3v) is 13.3. The molecule has 1 nitrogen and oxygen atoms in total. The number of hydrogen-bond acceptors (Lipinski definition) is 1. The van der Waals surface area contributed by atoms with Crippen molar-refractivity contribution in [2.45, 2.75) is 44.4 Å². The van der Waals surface area contributed by atoms with Crippen molar-refractivity contribution in [3.05, 3.63) is 209 Å². The molecule has 0 fully saturated rings. The van der Waals surface area contributed by atoms with Crippen molar-refractivity contribution in [3.8, 4) is 11.1 Å². The van der Waals surface area contributed by atoms with Gasteiger partial charge in [0.2, 0.25) is 0 Å². The van der Waals surface area contributed by atoms with Crippen LogP contribution in [0.5, 0.6) is 0 Å². The highest BCUT2D eigenvalue weighted by atomic mass is 15.1. The van der Waals surface area contributed by atoms with Crippen LogP contribution in [0.4, 0.5) is 17.1 Å². The highest BCUT2D eigenvalue weighted by Gasteiger charge is 2.45. The second-order valence-corrected chi connectivity index (χ2v) is 17.2. The van der Waals surface area contributed by atoms with E-state index in [0.29, 0.717) is 11.8 Å². The molecule has 0 saturated heterocycles. The Labute approximate surface area is 338 Å². The quantitative estimate of drug-likeness (QED) is 0.126. The van der Waals surface area contributed by atoms with Crippen LogP contribution in [0.2, 0.25) is 0 Å². The van der Waals surface area contributed by atoms with Crippen LogP contribution < -0.4 is 4.90 Å². The molecule has 1 heteroatoms. The van der Waals surface area contributed by atoms with Gasteiger partial charge < -0.3 is 4.90 Å². The molecule has 8 aromatic carbocycles. The van der Waals surface area contributed by atoms with Gasteiger partial charge in [0.25, 0.3) is 0 Å². The smallest absolute Gasteiger partial charge is 0.0629 e. The molecule has 3 aliphatic rings. The van der Waals surface area contributed by atoms with Crippen molar-refractivity contribution in [2.75, 3.05) is 4.90 Å². The topological polar surface area (TPSA) is 3.24 Å². The maximum absolute atomic E-state index is 9.34. The minimum atomic E-state index is -0.126. The average Bonchev–Trinajstić information content (AvgIpc) is 3.64. The third kappa shape index (κ3) is 5.22. The normalized spacial score (nSPS) is 19.1. The van der Waals surface area contributed by atoms with Crippen LogP contribution >= 0.6 is 0 Å². The maximum Gasteiger partial charge on any atom is 0.0629 e. The SMILES string of the molecule is [2H]/C(=C(/[2H])c1cc2ccccc2c2ccccc12)c1ccc2cc(N(c3ccc4c(c3)C(C)(C)c3ccccc3-4)c3ccc4c(c3)C(C)(C)C3C=CC=CC43)ccc2c1. The Morgan fingerprint density at radius 3 is 2.04 bits per heavy atom. The van der Waals surface area contributed by atoms with Gasteiger partial charge in [-0.1, -0.05) is 167 Å². The summed E-state index contributed by atoms with van der Waals surface area (Å²) in [6.07, 6.45) is 9.18. The lowest BCUT2D eigenvalue weighted by Gasteiger charge is -2.31. The number of benzene rings is 8. The lowest BCUT2D eigenvalue weighted by atomic mass is 9.74. The van der Waals surface area contributed by atoms with Gasteiger partial charge in [-0.15, -0.1) is 0 Å². The zero-order chi connectivity index (χ0) is 40.2. The molecule has 0 aliphatic heterocycles. The second kappa shape index (κ2) is 12.5. The molecule has 274 valence electrons. The first-order chi connectivity index (χ1) is 28.6. The Morgan fingerprint density at radius 2 is 1.16 bits per heavy atom. The van der Waals surface area contributed by atoms with E-state index in [4.69, 9.17) is 0 Å². The van der Waals surface area contributed by atoms with Gasteiger partial charge in [0.05, 0.1) is 2.74 Å². The highest BCUT2D eigenvalue weighted by molar-refractivity contribution is 6.11. The first kappa shape index (κ1) is 31.7. The summed E-state index contributed by atoms with van der Waals surface area (Å²) in [7, 11) is 0. The van der Waals surface area contributed by atoms with E-state index < -0.39 is 0 Å². The molecule has 0 spiro atoms. The van der Waals surface area contributed by atoms with Gasteiger partial charge in [0, 0.05) is 28.4 Å². The van der Waals surface area contributed by atoms with E-state index in [2.05, 4.69) is 184 Å². The Kier molecular flexibility index (Phi) is 6.98. The molecule has 0 saturated carbocycles. The number of rotatable bonds is 5. The number of nitrogens with zero attached hydrogens (tertiary/aromatic N) is 1. The summed E-state index contributed by atoms with van der Waals surface area (Å²) in [5.41, 5.74) is 12.9. The van der Waals surface area contributed by atoms with Crippen molar-refractivity contribution in [3.63, 3.8) is 0 Å². The van der Waals surface area contributed by atoms with Crippen molar-refractivity contribution in [1.82, 2.24) is 0 Å². The van der Waals surface area contributed by atoms with Crippen molar-refractivity contribution in [2.24, 2.45) is 5.92 Å². The van der Waals surface area contributed by atoms with Crippen LogP contribution in [0.25, 0.3) is 55.5 Å². The van der Waals surface area contributed by atoms with E-state index >= 15 is 0 Å². The third-order valence-electron chi connectivity index (χ3n) is 13.3. The number of anilines is 3. The van der Waals surface area contributed by atoms with Crippen LogP contribution in [0.3, 0.4) is 0 Å². The Morgan fingerprint density at radius 1 is 0.509 bits per heavy atom. The first-order valence-electron chi connectivity index (χ1n) is 21.3. The fourth-order valence-electron chi connectivity index (χ4n) is 10.3. The van der Waals surface area contributed by atoms with Crippen LogP contribution in [-0.4, -0.2) is 0 Å². The number of hydrogen-bond donors (Lipinski definition) is 0. The summed E-state index contributed by atoms with van der Waals surface area (Å²) in [4.78, 5) is 2.43. The molecule has 0 aromatic heterocycles. The molecule has 2 atom stereocenters. The zero-order valence-electron chi connectivity index (χ0n) is 34.8. The molecule has 0 amide bonds. The minimum absolute atomic E-state index is 0.0123. The summed E-state index contributed by atoms with van der Waals surface area (Å²) in [6.45, 7) is 9.49. The Balaban J connectivity index is 1.03. The second-order valence-electron chi connectivity index (χ2n) is 17.2. The van der Waals surface area contributed by atoms with E-state index in [1.807, 2.05) is 24.3 Å². The predicted octanol–water partition coefficient (Wildman–Crippen LogP) is 15.2. The van der Waals surface area contributed by atoms with Crippen LogP contribution in [0, 0.1) is 5.92 Å². The molecular formula is C56H45N. The van der Waals surface area contributed by atoms with E-state index in [1.54, 1.807) is 0 Å². The molecule has 0 N–H and O–H groups in total. The van der Waals surface area contributed by atoms with Gasteiger partial charge in [0.1, 0.15) is 0 Å². The largest absolute Gasteiger partial charge is 0.310 e. The van der Waals surface area contributed by atoms with Gasteiger partial charge >= 0.3 is 0 Å². The maximum atomic E-state index is 9.34. The first-order valence-corrected chi connectivity index (χ1v) is 20.3. The molecule has 11 rings (SSSR count). The van der Waals surface area contributed by atoms with Gasteiger partial charge in [-0.3, -0.25) is 0 Å². The Hall–Kier alpha value is -6.44. The van der Waals surface area contributed by atoms with Crippen LogP contribution in [-0.2, 0) is 10.8 Å². The average molecular weight is 734 g/mol. The van der Waals surface area contributed by atoms with E-state index in [-0.39, 0.29) is 22.9 Å². The van der Waals surface area contributed by atoms with Crippen LogP contribution in [0.1, 0.15) is 69.7 Å². The van der Waals surface area contributed by atoms with E-state index in [1.165, 1.54) is 33.4 Å². The van der Waals surface area contributed by atoms with Gasteiger partial charge in [-0.05, 0) is 137 Å². The fraction of sp³-hybridized carbons (Fsp3) is 0.143. The van der Waals surface area contributed by atoms with Gasteiger partial charge in [0.15, 0.2) is 0 Å². The van der Waals surface area contributed by atoms with Crippen molar-refractivity contribution >= 4 is 61.5 Å². The molecule has 57 heavy (non-hydrogen) atoms. The van der Waals surface area contributed by atoms with E-state index in [9.17, 15) is 2.74 Å². The monoisotopic (exact) mass is 733 g/mol. The highest BCUT2D eigenvalue weighted by Crippen LogP contribution is 2.55. The molecular weight excluding hydrogens is 687 g/mol. The number of allylic oxidation sites excluding steroid dienone is 4. The van der Waals surface area contributed by atoms with Gasteiger partial charge in [-0.2, -0.15) is 0 Å². The summed E-state index contributed by atoms with van der Waals surface area (Å²) in [5.74, 6) is 0.822. The molecule has 0 heterocycles. The minimum Gasteiger partial charge on any atom is -0.310 e. The van der Waals surface area contributed by atoms with E-state index in [0.717, 1.165) is 60.5 Å². The zero-order valence-corrected chi connectivity index (χ0v) is 32.8. The standard InChI is InChI=1S/C56H45N/c1-55(2)51-19-11-9-17-47(51)49-29-27-42(34-53(49)55)57(43-28-30-50-48-18-10-12-20-52(48)56(3,4)54(50)35-43)41-26-25-37-31-36(21-23-38(37)33-41)22-24-40-32-39-13-5-6-14-44(39)46-16-8-7-15-45(40)46/h5-35,47,51H,1-4H3/b24-22+/i22D,24D. The molecule has 2 unspecified atom stereocenters.